The van der Waals surface area contributed by atoms with Gasteiger partial charge >= 0.3 is 0 Å². The number of hydrogen-bond acceptors (Lipinski definition) is 3. The Kier molecular flexibility index (Phi) is 5.52. The number of amides is 1. The molecule has 1 N–H and O–H groups in total. The molecule has 1 aromatic heterocycles. The van der Waals surface area contributed by atoms with Crippen molar-refractivity contribution in [1.82, 2.24) is 9.78 Å². The zero-order valence-corrected chi connectivity index (χ0v) is 16.6. The number of carbonyl (C=O) groups excluding carboxylic acids is 1. The van der Waals surface area contributed by atoms with Crippen molar-refractivity contribution in [3.05, 3.63) is 124 Å². The highest BCUT2D eigenvalue weighted by Gasteiger charge is 2.17. The fourth-order valence-electron chi connectivity index (χ4n) is 3.33. The minimum absolute atomic E-state index is 0.140. The largest absolute Gasteiger partial charge is 0.320 e. The Morgan fingerprint density at radius 2 is 1.53 bits per heavy atom. The maximum atomic E-state index is 12.9. The van der Waals surface area contributed by atoms with E-state index in [1.54, 1.807) is 11.6 Å². The van der Waals surface area contributed by atoms with Gasteiger partial charge in [0, 0.05) is 17.4 Å². The first-order chi connectivity index (χ1) is 14.6. The molecule has 0 saturated heterocycles. The molecular formula is C25H21N3O2. The summed E-state index contributed by atoms with van der Waals surface area (Å²) in [4.78, 5) is 25.4. The van der Waals surface area contributed by atoms with E-state index in [2.05, 4.69) is 10.4 Å². The van der Waals surface area contributed by atoms with E-state index in [0.29, 0.717) is 17.8 Å². The molecule has 5 nitrogen and oxygen atoms in total. The average molecular weight is 395 g/mol. The molecule has 0 saturated carbocycles. The summed E-state index contributed by atoms with van der Waals surface area (Å²) in [6.07, 6.45) is 0.673. The van der Waals surface area contributed by atoms with Gasteiger partial charge in [0.2, 0.25) is 5.43 Å². The summed E-state index contributed by atoms with van der Waals surface area (Å²) in [7, 11) is 0. The number of hydrogen-bond donors (Lipinski definition) is 1. The van der Waals surface area contributed by atoms with Gasteiger partial charge in [-0.25, -0.2) is 4.68 Å². The van der Waals surface area contributed by atoms with Gasteiger partial charge in [-0.05, 0) is 42.7 Å². The van der Waals surface area contributed by atoms with Crippen LogP contribution in [0.4, 0.5) is 5.69 Å². The van der Waals surface area contributed by atoms with Crippen LogP contribution < -0.4 is 10.7 Å². The van der Waals surface area contributed by atoms with E-state index in [1.807, 2.05) is 84.9 Å². The highest BCUT2D eigenvalue weighted by molar-refractivity contribution is 6.03. The number of nitrogens with zero attached hydrogens (tertiary/aromatic N) is 2. The van der Waals surface area contributed by atoms with Crippen molar-refractivity contribution in [1.29, 1.82) is 0 Å². The van der Waals surface area contributed by atoms with Gasteiger partial charge in [-0.15, -0.1) is 0 Å². The predicted octanol–water partition coefficient (Wildman–Crippen LogP) is 4.38. The Hall–Kier alpha value is -3.99. The molecule has 0 radical (unpaired) electrons. The van der Waals surface area contributed by atoms with Crippen LogP contribution >= 0.6 is 0 Å². The van der Waals surface area contributed by atoms with Crippen molar-refractivity contribution in [2.45, 2.75) is 13.3 Å². The van der Waals surface area contributed by atoms with Crippen molar-refractivity contribution >= 4 is 11.6 Å². The number of benzene rings is 3. The molecule has 4 rings (SSSR count). The summed E-state index contributed by atoms with van der Waals surface area (Å²) in [6.45, 7) is 1.79. The van der Waals surface area contributed by atoms with E-state index in [-0.39, 0.29) is 5.69 Å². The van der Waals surface area contributed by atoms with Crippen LogP contribution in [0.2, 0.25) is 0 Å². The average Bonchev–Trinajstić information content (AvgIpc) is 2.76. The van der Waals surface area contributed by atoms with Crippen LogP contribution in [0.15, 0.2) is 95.8 Å². The Balaban J connectivity index is 1.65. The molecule has 148 valence electrons. The van der Waals surface area contributed by atoms with E-state index >= 15 is 0 Å². The molecule has 0 bridgehead atoms. The van der Waals surface area contributed by atoms with Crippen LogP contribution in [-0.4, -0.2) is 15.7 Å². The Bertz CT molecular complexity index is 1230. The molecule has 1 amide bonds. The second kappa shape index (κ2) is 8.57. The molecule has 4 aromatic rings. The lowest BCUT2D eigenvalue weighted by Crippen LogP contribution is -2.27. The minimum atomic E-state index is -0.523. The van der Waals surface area contributed by atoms with Crippen LogP contribution in [0.1, 0.15) is 27.3 Å². The lowest BCUT2D eigenvalue weighted by molar-refractivity contribution is 0.101. The molecule has 0 aliphatic carbocycles. The van der Waals surface area contributed by atoms with Gasteiger partial charge in [0.1, 0.15) is 0 Å². The molecule has 3 aromatic carbocycles. The molecule has 0 spiro atoms. The lowest BCUT2D eigenvalue weighted by Gasteiger charge is -2.13. The van der Waals surface area contributed by atoms with E-state index in [1.165, 1.54) is 6.07 Å². The third-order valence-corrected chi connectivity index (χ3v) is 4.83. The molecular weight excluding hydrogens is 374 g/mol. The van der Waals surface area contributed by atoms with Crippen molar-refractivity contribution in [2.24, 2.45) is 0 Å². The van der Waals surface area contributed by atoms with E-state index in [0.717, 1.165) is 16.8 Å². The third-order valence-electron chi connectivity index (χ3n) is 4.83. The first-order valence-corrected chi connectivity index (χ1v) is 9.71. The van der Waals surface area contributed by atoms with Gasteiger partial charge in [-0.1, -0.05) is 66.7 Å². The number of para-hydroxylation sites is 2. The second-order valence-corrected chi connectivity index (χ2v) is 7.02. The first kappa shape index (κ1) is 19.3. The van der Waals surface area contributed by atoms with Crippen molar-refractivity contribution < 1.29 is 4.79 Å². The molecule has 0 fully saturated rings. The summed E-state index contributed by atoms with van der Waals surface area (Å²) in [5.74, 6) is -0.523. The minimum Gasteiger partial charge on any atom is -0.320 e. The fraction of sp³-hybridized carbons (Fsp3) is 0.0800. The topological polar surface area (TPSA) is 64.0 Å². The number of rotatable bonds is 5. The van der Waals surface area contributed by atoms with Gasteiger partial charge in [0.15, 0.2) is 5.69 Å². The van der Waals surface area contributed by atoms with Crippen LogP contribution in [-0.2, 0) is 6.42 Å². The fourth-order valence-corrected chi connectivity index (χ4v) is 3.33. The normalized spacial score (nSPS) is 10.6. The summed E-state index contributed by atoms with van der Waals surface area (Å²) in [5.41, 5.74) is 3.67. The predicted molar refractivity (Wildman–Crippen MR) is 118 cm³/mol. The molecule has 0 atom stereocenters. The first-order valence-electron chi connectivity index (χ1n) is 9.71. The molecule has 1 heterocycles. The Morgan fingerprint density at radius 1 is 0.900 bits per heavy atom. The van der Waals surface area contributed by atoms with Crippen molar-refractivity contribution in [3.8, 4) is 5.69 Å². The van der Waals surface area contributed by atoms with E-state index in [9.17, 15) is 9.59 Å². The number of anilines is 1. The van der Waals surface area contributed by atoms with Crippen LogP contribution in [0.25, 0.3) is 5.69 Å². The maximum absolute atomic E-state index is 12.9. The maximum Gasteiger partial charge on any atom is 0.280 e. The van der Waals surface area contributed by atoms with Crippen LogP contribution in [0.5, 0.6) is 0 Å². The van der Waals surface area contributed by atoms with Gasteiger partial charge in [-0.3, -0.25) is 9.59 Å². The van der Waals surface area contributed by atoms with Gasteiger partial charge in [0.25, 0.3) is 5.91 Å². The molecule has 5 heteroatoms. The molecule has 0 aliphatic rings. The Morgan fingerprint density at radius 3 is 2.27 bits per heavy atom. The standard InChI is InChI=1S/C25H21N3O2/c1-18-16-23(29)24(27-28(18)21-13-6-3-7-14-21)25(30)26-22-15-9-8-12-20(22)17-19-10-4-2-5-11-19/h2-16H,17H2,1H3,(H,26,30). The van der Waals surface area contributed by atoms with Crippen molar-refractivity contribution in [2.75, 3.05) is 5.32 Å². The third kappa shape index (κ3) is 4.20. The SMILES string of the molecule is Cc1cc(=O)c(C(=O)Nc2ccccc2Cc2ccccc2)nn1-c1ccccc1. The van der Waals surface area contributed by atoms with Crippen LogP contribution in [0, 0.1) is 6.92 Å². The van der Waals surface area contributed by atoms with E-state index < -0.39 is 11.3 Å². The summed E-state index contributed by atoms with van der Waals surface area (Å²) in [6, 6.07) is 28.5. The number of nitrogens with one attached hydrogen (secondary N) is 1. The highest BCUT2D eigenvalue weighted by atomic mass is 16.2. The number of carbonyl (C=O) groups is 1. The van der Waals surface area contributed by atoms with E-state index in [4.69, 9.17) is 0 Å². The lowest BCUT2D eigenvalue weighted by atomic mass is 10.0. The quantitative estimate of drug-likeness (QED) is 0.545. The molecule has 30 heavy (non-hydrogen) atoms. The summed E-state index contributed by atoms with van der Waals surface area (Å²) < 4.78 is 1.60. The van der Waals surface area contributed by atoms with Gasteiger partial charge < -0.3 is 5.32 Å². The molecule has 0 aliphatic heterocycles. The van der Waals surface area contributed by atoms with Gasteiger partial charge in [0.05, 0.1) is 5.69 Å². The monoisotopic (exact) mass is 395 g/mol. The number of aryl methyl sites for hydroxylation is 1. The Labute approximate surface area is 174 Å². The summed E-state index contributed by atoms with van der Waals surface area (Å²) in [5, 5.41) is 7.22. The molecule has 0 unspecified atom stereocenters. The van der Waals surface area contributed by atoms with Gasteiger partial charge in [-0.2, -0.15) is 5.10 Å². The summed E-state index contributed by atoms with van der Waals surface area (Å²) >= 11 is 0. The zero-order chi connectivity index (χ0) is 20.9. The van der Waals surface area contributed by atoms with Crippen molar-refractivity contribution in [3.63, 3.8) is 0 Å². The number of aromatic nitrogens is 2. The zero-order valence-electron chi connectivity index (χ0n) is 16.6. The highest BCUT2D eigenvalue weighted by Crippen LogP contribution is 2.19. The smallest absolute Gasteiger partial charge is 0.280 e. The van der Waals surface area contributed by atoms with Crippen LogP contribution in [0.3, 0.4) is 0 Å². The second-order valence-electron chi connectivity index (χ2n) is 7.02.